The second-order valence-electron chi connectivity index (χ2n) is 5.50. The number of fused-ring (bicyclic) bond motifs is 1. The summed E-state index contributed by atoms with van der Waals surface area (Å²) in [5.74, 6) is 0.600. The maximum Gasteiger partial charge on any atom is 0.0270 e. The van der Waals surface area contributed by atoms with Crippen LogP contribution in [-0.2, 0) is 19.3 Å². The van der Waals surface area contributed by atoms with Crippen LogP contribution in [0.15, 0.2) is 48.8 Å². The van der Waals surface area contributed by atoms with E-state index in [4.69, 9.17) is 5.73 Å². The highest BCUT2D eigenvalue weighted by molar-refractivity contribution is 5.30. The molecule has 1 aliphatic carbocycles. The zero-order chi connectivity index (χ0) is 13.1. The monoisotopic (exact) mass is 252 g/mol. The SMILES string of the molecule is NC(Cc1ccncc1)C1CCc2ccccc2C1. The summed E-state index contributed by atoms with van der Waals surface area (Å²) in [5, 5.41) is 0. The molecule has 0 aliphatic heterocycles. The van der Waals surface area contributed by atoms with Crippen LogP contribution < -0.4 is 5.73 Å². The van der Waals surface area contributed by atoms with Crippen LogP contribution in [0.4, 0.5) is 0 Å². The molecule has 2 unspecified atom stereocenters. The predicted molar refractivity (Wildman–Crippen MR) is 77.9 cm³/mol. The summed E-state index contributed by atoms with van der Waals surface area (Å²) in [4.78, 5) is 4.05. The van der Waals surface area contributed by atoms with Gasteiger partial charge in [-0.25, -0.2) is 0 Å². The van der Waals surface area contributed by atoms with Crippen molar-refractivity contribution in [1.29, 1.82) is 0 Å². The molecule has 19 heavy (non-hydrogen) atoms. The molecule has 3 rings (SSSR count). The number of aryl methyl sites for hydroxylation is 1. The molecule has 2 heteroatoms. The lowest BCUT2D eigenvalue weighted by atomic mass is 9.79. The minimum absolute atomic E-state index is 0.246. The Morgan fingerprint density at radius 3 is 2.63 bits per heavy atom. The van der Waals surface area contributed by atoms with E-state index < -0.39 is 0 Å². The van der Waals surface area contributed by atoms with Crippen LogP contribution in [0.25, 0.3) is 0 Å². The van der Waals surface area contributed by atoms with E-state index in [9.17, 15) is 0 Å². The summed E-state index contributed by atoms with van der Waals surface area (Å²) < 4.78 is 0. The molecule has 1 heterocycles. The first-order chi connectivity index (χ1) is 9.33. The van der Waals surface area contributed by atoms with Crippen LogP contribution in [0.2, 0.25) is 0 Å². The highest BCUT2D eigenvalue weighted by atomic mass is 14.7. The van der Waals surface area contributed by atoms with E-state index in [2.05, 4.69) is 41.4 Å². The molecule has 0 bridgehead atoms. The third kappa shape index (κ3) is 2.85. The maximum atomic E-state index is 6.42. The zero-order valence-electron chi connectivity index (χ0n) is 11.1. The average Bonchev–Trinajstić information content (AvgIpc) is 2.48. The Kier molecular flexibility index (Phi) is 3.60. The average molecular weight is 252 g/mol. The molecule has 2 N–H and O–H groups in total. The quantitative estimate of drug-likeness (QED) is 0.912. The summed E-state index contributed by atoms with van der Waals surface area (Å²) in [6.07, 6.45) is 8.16. The third-order valence-electron chi connectivity index (χ3n) is 4.21. The number of benzene rings is 1. The van der Waals surface area contributed by atoms with E-state index in [1.54, 1.807) is 0 Å². The number of nitrogens with two attached hydrogens (primary N) is 1. The second-order valence-corrected chi connectivity index (χ2v) is 5.50. The fraction of sp³-hybridized carbons (Fsp3) is 0.353. The first kappa shape index (κ1) is 12.4. The normalized spacial score (nSPS) is 19.7. The molecule has 0 spiro atoms. The van der Waals surface area contributed by atoms with Crippen LogP contribution in [-0.4, -0.2) is 11.0 Å². The molecule has 1 aromatic heterocycles. The van der Waals surface area contributed by atoms with Crippen LogP contribution in [0.5, 0.6) is 0 Å². The van der Waals surface area contributed by atoms with E-state index in [0.717, 1.165) is 12.8 Å². The van der Waals surface area contributed by atoms with Crippen LogP contribution in [0, 0.1) is 5.92 Å². The van der Waals surface area contributed by atoms with Crippen molar-refractivity contribution in [2.24, 2.45) is 11.7 Å². The lowest BCUT2D eigenvalue weighted by molar-refractivity contribution is 0.372. The molecular weight excluding hydrogens is 232 g/mol. The standard InChI is InChI=1S/C17H20N2/c18-17(11-13-7-9-19-10-8-13)16-6-5-14-3-1-2-4-15(14)12-16/h1-4,7-10,16-17H,5-6,11-12,18H2. The van der Waals surface area contributed by atoms with Gasteiger partial charge < -0.3 is 5.73 Å². The van der Waals surface area contributed by atoms with Gasteiger partial charge in [0.15, 0.2) is 0 Å². The molecule has 0 saturated carbocycles. The first-order valence-corrected chi connectivity index (χ1v) is 7.04. The number of hydrogen-bond donors (Lipinski definition) is 1. The largest absolute Gasteiger partial charge is 0.327 e. The van der Waals surface area contributed by atoms with Crippen molar-refractivity contribution < 1.29 is 0 Å². The Morgan fingerprint density at radius 2 is 1.84 bits per heavy atom. The molecule has 0 fully saturated rings. The van der Waals surface area contributed by atoms with Crippen molar-refractivity contribution >= 4 is 0 Å². The topological polar surface area (TPSA) is 38.9 Å². The summed E-state index contributed by atoms with van der Waals surface area (Å²) in [6.45, 7) is 0. The Balaban J connectivity index is 1.68. The number of pyridine rings is 1. The van der Waals surface area contributed by atoms with E-state index >= 15 is 0 Å². The van der Waals surface area contributed by atoms with Gasteiger partial charge in [0.2, 0.25) is 0 Å². The Bertz CT molecular complexity index is 536. The minimum Gasteiger partial charge on any atom is -0.327 e. The lowest BCUT2D eigenvalue weighted by Gasteiger charge is -2.29. The van der Waals surface area contributed by atoms with Gasteiger partial charge in [0.05, 0.1) is 0 Å². The number of rotatable bonds is 3. The van der Waals surface area contributed by atoms with Crippen molar-refractivity contribution in [3.05, 3.63) is 65.5 Å². The number of nitrogens with zero attached hydrogens (tertiary/aromatic N) is 1. The van der Waals surface area contributed by atoms with Gasteiger partial charge in [-0.3, -0.25) is 4.98 Å². The van der Waals surface area contributed by atoms with Crippen molar-refractivity contribution in [2.45, 2.75) is 31.7 Å². The first-order valence-electron chi connectivity index (χ1n) is 7.04. The van der Waals surface area contributed by atoms with Gasteiger partial charge in [0.25, 0.3) is 0 Å². The van der Waals surface area contributed by atoms with Gasteiger partial charge in [0, 0.05) is 18.4 Å². The second kappa shape index (κ2) is 5.54. The van der Waals surface area contributed by atoms with Crippen LogP contribution >= 0.6 is 0 Å². The molecular formula is C17H20N2. The minimum atomic E-state index is 0.246. The summed E-state index contributed by atoms with van der Waals surface area (Å²) >= 11 is 0. The molecule has 1 aromatic carbocycles. The van der Waals surface area contributed by atoms with Gasteiger partial charge in [0.1, 0.15) is 0 Å². The Morgan fingerprint density at radius 1 is 1.11 bits per heavy atom. The maximum absolute atomic E-state index is 6.42. The van der Waals surface area contributed by atoms with Crippen LogP contribution in [0.1, 0.15) is 23.1 Å². The predicted octanol–water partition coefficient (Wildman–Crippen LogP) is 2.76. The Hall–Kier alpha value is -1.67. The molecule has 98 valence electrons. The molecule has 2 nitrogen and oxygen atoms in total. The van der Waals surface area contributed by atoms with Gasteiger partial charge in [-0.05, 0) is 60.4 Å². The molecule has 2 atom stereocenters. The van der Waals surface area contributed by atoms with Crippen molar-refractivity contribution in [1.82, 2.24) is 4.98 Å². The van der Waals surface area contributed by atoms with E-state index in [-0.39, 0.29) is 6.04 Å². The van der Waals surface area contributed by atoms with Gasteiger partial charge in [-0.15, -0.1) is 0 Å². The van der Waals surface area contributed by atoms with Crippen molar-refractivity contribution in [3.8, 4) is 0 Å². The van der Waals surface area contributed by atoms with E-state index in [1.165, 1.54) is 29.5 Å². The third-order valence-corrected chi connectivity index (χ3v) is 4.21. The molecule has 0 radical (unpaired) electrons. The van der Waals surface area contributed by atoms with Crippen molar-refractivity contribution in [3.63, 3.8) is 0 Å². The van der Waals surface area contributed by atoms with Gasteiger partial charge >= 0.3 is 0 Å². The molecule has 2 aromatic rings. The van der Waals surface area contributed by atoms with Gasteiger partial charge in [-0.2, -0.15) is 0 Å². The Labute approximate surface area is 114 Å². The molecule has 1 aliphatic rings. The van der Waals surface area contributed by atoms with E-state index in [1.807, 2.05) is 12.4 Å². The summed E-state index contributed by atoms with van der Waals surface area (Å²) in [7, 11) is 0. The molecule has 0 amide bonds. The molecule has 0 saturated heterocycles. The number of hydrogen-bond acceptors (Lipinski definition) is 2. The summed E-state index contributed by atoms with van der Waals surface area (Å²) in [5.41, 5.74) is 10.7. The zero-order valence-corrected chi connectivity index (χ0v) is 11.1. The highest BCUT2D eigenvalue weighted by Gasteiger charge is 2.23. The smallest absolute Gasteiger partial charge is 0.0270 e. The van der Waals surface area contributed by atoms with Crippen LogP contribution in [0.3, 0.4) is 0 Å². The fourth-order valence-electron chi connectivity index (χ4n) is 3.05. The highest BCUT2D eigenvalue weighted by Crippen LogP contribution is 2.27. The lowest BCUT2D eigenvalue weighted by Crippen LogP contribution is -2.35. The number of aromatic nitrogens is 1. The summed E-state index contributed by atoms with van der Waals surface area (Å²) in [6, 6.07) is 13.1. The fourth-order valence-corrected chi connectivity index (χ4v) is 3.05. The van der Waals surface area contributed by atoms with Crippen molar-refractivity contribution in [2.75, 3.05) is 0 Å². The van der Waals surface area contributed by atoms with Gasteiger partial charge in [-0.1, -0.05) is 24.3 Å². The van der Waals surface area contributed by atoms with E-state index in [0.29, 0.717) is 5.92 Å².